The largest absolute Gasteiger partial charge is 0.493 e. The second kappa shape index (κ2) is 9.93. The van der Waals surface area contributed by atoms with E-state index in [0.29, 0.717) is 51.5 Å². The Hall–Kier alpha value is -3.91. The molecule has 0 atom stereocenters. The van der Waals surface area contributed by atoms with Crippen molar-refractivity contribution in [1.29, 1.82) is 0 Å². The first-order valence-electron chi connectivity index (χ1n) is 10.4. The van der Waals surface area contributed by atoms with Crippen LogP contribution in [0.4, 0.5) is 11.4 Å². The molecule has 2 amide bonds. The Morgan fingerprint density at radius 3 is 2.29 bits per heavy atom. The van der Waals surface area contributed by atoms with Crippen molar-refractivity contribution in [3.8, 4) is 23.0 Å². The van der Waals surface area contributed by atoms with Crippen LogP contribution in [0.15, 0.2) is 54.6 Å². The molecule has 4 rings (SSSR count). The van der Waals surface area contributed by atoms with Crippen LogP contribution in [-0.4, -0.2) is 39.8 Å². The summed E-state index contributed by atoms with van der Waals surface area (Å²) in [7, 11) is 4.46. The summed E-state index contributed by atoms with van der Waals surface area (Å²) in [5, 5.41) is 3.47. The SMILES string of the molecule is COc1cc(C(=O)Nc2ccc3c(c2)OCC(=O)N3Cc2ccc(Cl)cc2)cc(OC)c1OC. The van der Waals surface area contributed by atoms with Gasteiger partial charge in [-0.2, -0.15) is 0 Å². The maximum absolute atomic E-state index is 12.9. The number of carbonyl (C=O) groups is 2. The molecule has 8 nitrogen and oxygen atoms in total. The highest BCUT2D eigenvalue weighted by Gasteiger charge is 2.26. The number of amides is 2. The minimum Gasteiger partial charge on any atom is -0.493 e. The fraction of sp³-hybridized carbons (Fsp3) is 0.200. The van der Waals surface area contributed by atoms with Crippen molar-refractivity contribution in [2.75, 3.05) is 38.2 Å². The van der Waals surface area contributed by atoms with Gasteiger partial charge in [0.25, 0.3) is 11.8 Å². The number of nitrogens with one attached hydrogen (secondary N) is 1. The number of fused-ring (bicyclic) bond motifs is 1. The molecule has 34 heavy (non-hydrogen) atoms. The summed E-state index contributed by atoms with van der Waals surface area (Å²) in [6.45, 7) is 0.286. The van der Waals surface area contributed by atoms with Crippen LogP contribution in [0.5, 0.6) is 23.0 Å². The lowest BCUT2D eigenvalue weighted by atomic mass is 10.1. The first-order chi connectivity index (χ1) is 16.4. The number of benzene rings is 3. The van der Waals surface area contributed by atoms with E-state index in [4.69, 9.17) is 30.5 Å². The Bertz CT molecular complexity index is 1200. The summed E-state index contributed by atoms with van der Waals surface area (Å²) < 4.78 is 21.6. The Kier molecular flexibility index (Phi) is 6.79. The van der Waals surface area contributed by atoms with Crippen LogP contribution >= 0.6 is 11.6 Å². The average Bonchev–Trinajstić information content (AvgIpc) is 2.85. The molecule has 3 aromatic carbocycles. The molecule has 1 aliphatic heterocycles. The molecule has 0 fully saturated rings. The van der Waals surface area contributed by atoms with Crippen LogP contribution in [0.25, 0.3) is 0 Å². The van der Waals surface area contributed by atoms with Crippen molar-refractivity contribution in [2.24, 2.45) is 0 Å². The van der Waals surface area contributed by atoms with Gasteiger partial charge in [-0.05, 0) is 42.0 Å². The van der Waals surface area contributed by atoms with Gasteiger partial charge in [-0.25, -0.2) is 0 Å². The van der Waals surface area contributed by atoms with Gasteiger partial charge in [0.2, 0.25) is 5.75 Å². The second-order valence-corrected chi connectivity index (χ2v) is 7.88. The van der Waals surface area contributed by atoms with Crippen molar-refractivity contribution < 1.29 is 28.5 Å². The monoisotopic (exact) mass is 482 g/mol. The number of rotatable bonds is 7. The lowest BCUT2D eigenvalue weighted by molar-refractivity contribution is -0.121. The standard InChI is InChI=1S/C25H23ClN2O6/c1-31-21-10-16(11-22(32-2)24(21)33-3)25(30)27-18-8-9-19-20(12-18)34-14-23(29)28(19)13-15-4-6-17(26)7-5-15/h4-12H,13-14H2,1-3H3,(H,27,30). The quantitative estimate of drug-likeness (QED) is 0.532. The third-order valence-electron chi connectivity index (χ3n) is 5.34. The van der Waals surface area contributed by atoms with E-state index in [1.165, 1.54) is 21.3 Å². The van der Waals surface area contributed by atoms with Crippen molar-refractivity contribution in [1.82, 2.24) is 0 Å². The molecule has 0 aliphatic carbocycles. The van der Waals surface area contributed by atoms with E-state index in [1.807, 2.05) is 12.1 Å². The highest BCUT2D eigenvalue weighted by Crippen LogP contribution is 2.39. The average molecular weight is 483 g/mol. The van der Waals surface area contributed by atoms with E-state index in [2.05, 4.69) is 5.32 Å². The number of ether oxygens (including phenoxy) is 4. The predicted molar refractivity (Wildman–Crippen MR) is 129 cm³/mol. The normalized spacial score (nSPS) is 12.5. The van der Waals surface area contributed by atoms with Crippen LogP contribution in [0.3, 0.4) is 0 Å². The van der Waals surface area contributed by atoms with Crippen molar-refractivity contribution in [3.63, 3.8) is 0 Å². The first kappa shape index (κ1) is 23.3. The van der Waals surface area contributed by atoms with Gasteiger partial charge in [0, 0.05) is 22.3 Å². The zero-order valence-corrected chi connectivity index (χ0v) is 19.6. The molecule has 0 unspecified atom stereocenters. The predicted octanol–water partition coefficient (Wildman–Crippen LogP) is 4.54. The van der Waals surface area contributed by atoms with Crippen LogP contribution in [-0.2, 0) is 11.3 Å². The van der Waals surface area contributed by atoms with Crippen molar-refractivity contribution in [2.45, 2.75) is 6.54 Å². The van der Waals surface area contributed by atoms with Gasteiger partial charge < -0.3 is 29.2 Å². The minimum atomic E-state index is -0.371. The molecule has 3 aromatic rings. The molecule has 0 bridgehead atoms. The maximum atomic E-state index is 12.9. The molecule has 0 saturated heterocycles. The topological polar surface area (TPSA) is 86.3 Å². The molecule has 0 saturated carbocycles. The molecule has 1 aliphatic rings. The number of methoxy groups -OCH3 is 3. The number of hydrogen-bond acceptors (Lipinski definition) is 6. The van der Waals surface area contributed by atoms with Gasteiger partial charge in [-0.3, -0.25) is 9.59 Å². The zero-order valence-electron chi connectivity index (χ0n) is 18.9. The van der Waals surface area contributed by atoms with E-state index in [9.17, 15) is 9.59 Å². The van der Waals surface area contributed by atoms with E-state index >= 15 is 0 Å². The number of anilines is 2. The van der Waals surface area contributed by atoms with Gasteiger partial charge in [0.15, 0.2) is 18.1 Å². The number of nitrogens with zero attached hydrogens (tertiary/aromatic N) is 1. The number of halogens is 1. The number of carbonyl (C=O) groups excluding carboxylic acids is 2. The fourth-order valence-electron chi connectivity index (χ4n) is 3.64. The van der Waals surface area contributed by atoms with E-state index in [1.54, 1.807) is 47.4 Å². The molecule has 176 valence electrons. The molecular weight excluding hydrogens is 460 g/mol. The Morgan fingerprint density at radius 1 is 1.00 bits per heavy atom. The number of hydrogen-bond donors (Lipinski definition) is 1. The molecule has 1 heterocycles. The van der Waals surface area contributed by atoms with Gasteiger partial charge in [0.1, 0.15) is 5.75 Å². The maximum Gasteiger partial charge on any atom is 0.265 e. The summed E-state index contributed by atoms with van der Waals surface area (Å²) in [6, 6.07) is 15.6. The highest BCUT2D eigenvalue weighted by atomic mass is 35.5. The van der Waals surface area contributed by atoms with Gasteiger partial charge in [-0.15, -0.1) is 0 Å². The molecular formula is C25H23ClN2O6. The van der Waals surface area contributed by atoms with Gasteiger partial charge >= 0.3 is 0 Å². The second-order valence-electron chi connectivity index (χ2n) is 7.45. The van der Waals surface area contributed by atoms with Crippen LogP contribution in [0.2, 0.25) is 5.02 Å². The first-order valence-corrected chi connectivity index (χ1v) is 10.7. The third-order valence-corrected chi connectivity index (χ3v) is 5.59. The lowest BCUT2D eigenvalue weighted by Gasteiger charge is -2.30. The Balaban J connectivity index is 1.56. The summed E-state index contributed by atoms with van der Waals surface area (Å²) in [4.78, 5) is 27.1. The smallest absolute Gasteiger partial charge is 0.265 e. The van der Waals surface area contributed by atoms with Crippen molar-refractivity contribution >= 4 is 34.8 Å². The minimum absolute atomic E-state index is 0.0924. The Labute approximate surface area is 201 Å². The summed E-state index contributed by atoms with van der Waals surface area (Å²) in [5.41, 5.74) is 2.40. The Morgan fingerprint density at radius 2 is 1.68 bits per heavy atom. The van der Waals surface area contributed by atoms with E-state index in [0.717, 1.165) is 5.56 Å². The van der Waals surface area contributed by atoms with Crippen molar-refractivity contribution in [3.05, 3.63) is 70.7 Å². The molecule has 1 N–H and O–H groups in total. The molecule has 9 heteroatoms. The molecule has 0 spiro atoms. The van der Waals surface area contributed by atoms with E-state index in [-0.39, 0.29) is 18.4 Å². The summed E-state index contributed by atoms with van der Waals surface area (Å²) in [5.74, 6) is 1.11. The fourth-order valence-corrected chi connectivity index (χ4v) is 3.77. The third kappa shape index (κ3) is 4.72. The van der Waals surface area contributed by atoms with E-state index < -0.39 is 0 Å². The van der Waals surface area contributed by atoms with Crippen LogP contribution < -0.4 is 29.2 Å². The van der Waals surface area contributed by atoms with Crippen LogP contribution in [0, 0.1) is 0 Å². The zero-order chi connectivity index (χ0) is 24.2. The highest BCUT2D eigenvalue weighted by molar-refractivity contribution is 6.30. The summed E-state index contributed by atoms with van der Waals surface area (Å²) in [6.07, 6.45) is 0. The molecule has 0 aromatic heterocycles. The summed E-state index contributed by atoms with van der Waals surface area (Å²) >= 11 is 5.96. The molecule has 0 radical (unpaired) electrons. The van der Waals surface area contributed by atoms with Gasteiger partial charge in [0.05, 0.1) is 33.6 Å². The lowest BCUT2D eigenvalue weighted by Crippen LogP contribution is -2.38. The van der Waals surface area contributed by atoms with Crippen LogP contribution in [0.1, 0.15) is 15.9 Å². The van der Waals surface area contributed by atoms with Gasteiger partial charge in [-0.1, -0.05) is 23.7 Å².